The molecular weight excluding hydrogens is 194 g/mol. The molecule has 1 aliphatic heterocycles. The highest BCUT2D eigenvalue weighted by molar-refractivity contribution is 5.69. The SMILES string of the molecule is O=C(O)COc1cccc2c1CCCN2. The van der Waals surface area contributed by atoms with Crippen LogP contribution in [0.25, 0.3) is 0 Å². The molecule has 0 fully saturated rings. The zero-order chi connectivity index (χ0) is 10.7. The second-order valence-electron chi connectivity index (χ2n) is 3.50. The number of fused-ring (bicyclic) bond motifs is 1. The van der Waals surface area contributed by atoms with Crippen LogP contribution in [0.15, 0.2) is 18.2 Å². The first-order valence-electron chi connectivity index (χ1n) is 4.98. The number of carboxylic acid groups (broad SMARTS) is 1. The van der Waals surface area contributed by atoms with Gasteiger partial charge in [-0.3, -0.25) is 0 Å². The van der Waals surface area contributed by atoms with Crippen LogP contribution in [0.1, 0.15) is 12.0 Å². The molecule has 2 N–H and O–H groups in total. The molecule has 15 heavy (non-hydrogen) atoms. The summed E-state index contributed by atoms with van der Waals surface area (Å²) in [6, 6.07) is 5.67. The van der Waals surface area contributed by atoms with E-state index in [9.17, 15) is 4.79 Å². The number of anilines is 1. The van der Waals surface area contributed by atoms with E-state index in [1.165, 1.54) is 0 Å². The fourth-order valence-corrected chi connectivity index (χ4v) is 1.75. The molecule has 0 radical (unpaired) electrons. The number of benzene rings is 1. The number of carboxylic acids is 1. The molecule has 2 rings (SSSR count). The van der Waals surface area contributed by atoms with Gasteiger partial charge in [0.2, 0.25) is 0 Å². The number of aliphatic carboxylic acids is 1. The monoisotopic (exact) mass is 207 g/mol. The van der Waals surface area contributed by atoms with Crippen molar-refractivity contribution in [1.29, 1.82) is 0 Å². The zero-order valence-corrected chi connectivity index (χ0v) is 8.32. The summed E-state index contributed by atoms with van der Waals surface area (Å²) in [5.74, 6) is -0.265. The number of carbonyl (C=O) groups is 1. The normalized spacial score (nSPS) is 13.9. The predicted octanol–water partition coefficient (Wildman–Crippen LogP) is 1.51. The largest absolute Gasteiger partial charge is 0.482 e. The quantitative estimate of drug-likeness (QED) is 0.788. The van der Waals surface area contributed by atoms with E-state index in [1.54, 1.807) is 0 Å². The van der Waals surface area contributed by atoms with Crippen molar-refractivity contribution in [3.8, 4) is 5.75 Å². The molecule has 0 spiro atoms. The van der Waals surface area contributed by atoms with Gasteiger partial charge < -0.3 is 15.2 Å². The summed E-state index contributed by atoms with van der Waals surface area (Å²) in [5.41, 5.74) is 2.15. The molecule has 1 aliphatic rings. The Morgan fingerprint density at radius 3 is 3.20 bits per heavy atom. The lowest BCUT2D eigenvalue weighted by molar-refractivity contribution is -0.139. The highest BCUT2D eigenvalue weighted by Gasteiger charge is 2.13. The van der Waals surface area contributed by atoms with Crippen LogP contribution >= 0.6 is 0 Å². The average molecular weight is 207 g/mol. The predicted molar refractivity (Wildman–Crippen MR) is 56.4 cm³/mol. The molecular formula is C11H13NO3. The van der Waals surface area contributed by atoms with E-state index in [0.717, 1.165) is 30.6 Å². The van der Waals surface area contributed by atoms with E-state index in [1.807, 2.05) is 18.2 Å². The third-order valence-corrected chi connectivity index (χ3v) is 2.40. The molecule has 4 nitrogen and oxygen atoms in total. The Bertz CT molecular complexity index is 376. The number of rotatable bonds is 3. The second-order valence-corrected chi connectivity index (χ2v) is 3.50. The van der Waals surface area contributed by atoms with Gasteiger partial charge in [0.25, 0.3) is 0 Å². The Balaban J connectivity index is 2.19. The Hall–Kier alpha value is -1.71. The Morgan fingerprint density at radius 1 is 1.53 bits per heavy atom. The van der Waals surface area contributed by atoms with Gasteiger partial charge in [-0.15, -0.1) is 0 Å². The summed E-state index contributed by atoms with van der Waals surface area (Å²) in [6.07, 6.45) is 2.00. The van der Waals surface area contributed by atoms with Crippen LogP contribution in [0.5, 0.6) is 5.75 Å². The standard InChI is InChI=1S/C11H13NO3/c13-11(14)7-15-10-5-1-4-9-8(10)3-2-6-12-9/h1,4-5,12H,2-3,6-7H2,(H,13,14). The van der Waals surface area contributed by atoms with Crippen LogP contribution in [0.4, 0.5) is 5.69 Å². The summed E-state index contributed by atoms with van der Waals surface area (Å²) in [4.78, 5) is 10.4. The summed E-state index contributed by atoms with van der Waals surface area (Å²) in [7, 11) is 0. The van der Waals surface area contributed by atoms with Crippen molar-refractivity contribution >= 4 is 11.7 Å². The minimum absolute atomic E-state index is 0.281. The summed E-state index contributed by atoms with van der Waals surface area (Å²) >= 11 is 0. The lowest BCUT2D eigenvalue weighted by Crippen LogP contribution is -2.15. The van der Waals surface area contributed by atoms with Crippen LogP contribution in [0.3, 0.4) is 0 Å². The van der Waals surface area contributed by atoms with E-state index in [-0.39, 0.29) is 6.61 Å². The van der Waals surface area contributed by atoms with Gasteiger partial charge in [-0.2, -0.15) is 0 Å². The molecule has 0 saturated carbocycles. The molecule has 4 heteroatoms. The molecule has 0 bridgehead atoms. The maximum Gasteiger partial charge on any atom is 0.341 e. The van der Waals surface area contributed by atoms with Crippen LogP contribution in [-0.2, 0) is 11.2 Å². The van der Waals surface area contributed by atoms with Crippen molar-refractivity contribution in [2.24, 2.45) is 0 Å². The van der Waals surface area contributed by atoms with Gasteiger partial charge in [-0.25, -0.2) is 4.79 Å². The molecule has 80 valence electrons. The second kappa shape index (κ2) is 4.21. The highest BCUT2D eigenvalue weighted by atomic mass is 16.5. The third-order valence-electron chi connectivity index (χ3n) is 2.40. The van der Waals surface area contributed by atoms with Crippen molar-refractivity contribution in [3.05, 3.63) is 23.8 Å². The van der Waals surface area contributed by atoms with Gasteiger partial charge in [0.15, 0.2) is 6.61 Å². The molecule has 1 aromatic rings. The van der Waals surface area contributed by atoms with Crippen LogP contribution < -0.4 is 10.1 Å². The maximum atomic E-state index is 10.4. The summed E-state index contributed by atoms with van der Waals surface area (Å²) in [6.45, 7) is 0.686. The molecule has 0 amide bonds. The van der Waals surface area contributed by atoms with E-state index in [0.29, 0.717) is 5.75 Å². The molecule has 1 heterocycles. The smallest absolute Gasteiger partial charge is 0.341 e. The van der Waals surface area contributed by atoms with E-state index in [4.69, 9.17) is 9.84 Å². The van der Waals surface area contributed by atoms with Crippen LogP contribution in [0.2, 0.25) is 0 Å². The van der Waals surface area contributed by atoms with Crippen molar-refractivity contribution in [3.63, 3.8) is 0 Å². The number of ether oxygens (including phenoxy) is 1. The fourth-order valence-electron chi connectivity index (χ4n) is 1.75. The maximum absolute atomic E-state index is 10.4. The summed E-state index contributed by atoms with van der Waals surface area (Å²) in [5, 5.41) is 11.8. The first kappa shape index (κ1) is 9.83. The lowest BCUT2D eigenvalue weighted by atomic mass is 10.0. The minimum atomic E-state index is -0.948. The van der Waals surface area contributed by atoms with Gasteiger partial charge in [0.05, 0.1) is 0 Å². The van der Waals surface area contributed by atoms with Crippen molar-refractivity contribution in [2.45, 2.75) is 12.8 Å². The Morgan fingerprint density at radius 2 is 2.40 bits per heavy atom. The molecule has 1 aromatic carbocycles. The first-order chi connectivity index (χ1) is 7.27. The first-order valence-corrected chi connectivity index (χ1v) is 4.98. The molecule has 0 atom stereocenters. The molecule has 0 aliphatic carbocycles. The van der Waals surface area contributed by atoms with Gasteiger partial charge in [0, 0.05) is 17.8 Å². The number of hydrogen-bond acceptors (Lipinski definition) is 3. The van der Waals surface area contributed by atoms with Crippen molar-refractivity contribution in [1.82, 2.24) is 0 Å². The fraction of sp³-hybridized carbons (Fsp3) is 0.364. The lowest BCUT2D eigenvalue weighted by Gasteiger charge is -2.20. The minimum Gasteiger partial charge on any atom is -0.482 e. The zero-order valence-electron chi connectivity index (χ0n) is 8.32. The Labute approximate surface area is 87.9 Å². The summed E-state index contributed by atoms with van der Waals surface area (Å²) < 4.78 is 5.23. The van der Waals surface area contributed by atoms with Crippen molar-refractivity contribution < 1.29 is 14.6 Å². The van der Waals surface area contributed by atoms with E-state index >= 15 is 0 Å². The van der Waals surface area contributed by atoms with Crippen molar-refractivity contribution in [2.75, 3.05) is 18.5 Å². The van der Waals surface area contributed by atoms with Gasteiger partial charge in [-0.1, -0.05) is 6.07 Å². The Kier molecular flexibility index (Phi) is 2.76. The number of nitrogens with one attached hydrogen (secondary N) is 1. The van der Waals surface area contributed by atoms with Crippen LogP contribution in [0, 0.1) is 0 Å². The van der Waals surface area contributed by atoms with E-state index in [2.05, 4.69) is 5.32 Å². The highest BCUT2D eigenvalue weighted by Crippen LogP contribution is 2.30. The van der Waals surface area contributed by atoms with Gasteiger partial charge in [-0.05, 0) is 25.0 Å². The third kappa shape index (κ3) is 2.21. The van der Waals surface area contributed by atoms with E-state index < -0.39 is 5.97 Å². The molecule has 0 aromatic heterocycles. The molecule has 0 saturated heterocycles. The number of hydrogen-bond donors (Lipinski definition) is 2. The molecule has 0 unspecified atom stereocenters. The van der Waals surface area contributed by atoms with Crippen LogP contribution in [-0.4, -0.2) is 24.2 Å². The average Bonchev–Trinajstić information content (AvgIpc) is 2.26. The van der Waals surface area contributed by atoms with Gasteiger partial charge >= 0.3 is 5.97 Å². The van der Waals surface area contributed by atoms with Gasteiger partial charge in [0.1, 0.15) is 5.75 Å². The topological polar surface area (TPSA) is 58.6 Å².